The number of carbonyl (C=O) groups is 1. The van der Waals surface area contributed by atoms with Gasteiger partial charge < -0.3 is 4.74 Å². The molecule has 0 radical (unpaired) electrons. The first kappa shape index (κ1) is 17.8. The van der Waals surface area contributed by atoms with E-state index in [1.54, 1.807) is 4.90 Å². The molecule has 4 rings (SSSR count). The fourth-order valence-corrected chi connectivity index (χ4v) is 4.38. The molecule has 5 heteroatoms. The Labute approximate surface area is 167 Å². The molecule has 0 aromatic heterocycles. The Morgan fingerprint density at radius 3 is 2.63 bits per heavy atom. The molecule has 134 valence electrons. The molecule has 1 heterocycles. The minimum Gasteiger partial charge on any atom is -0.493 e. The molecule has 1 aliphatic rings. The average Bonchev–Trinajstić information content (AvgIpc) is 2.96. The van der Waals surface area contributed by atoms with Crippen LogP contribution < -0.4 is 9.64 Å². The van der Waals surface area contributed by atoms with Crippen LogP contribution in [-0.2, 0) is 4.79 Å². The molecule has 3 aromatic rings. The number of hydrogen-bond donors (Lipinski definition) is 0. The number of thioether (sulfide) groups is 1. The average molecular weight is 392 g/mol. The lowest BCUT2D eigenvalue weighted by Gasteiger charge is -2.17. The van der Waals surface area contributed by atoms with Gasteiger partial charge in [0.25, 0.3) is 5.91 Å². The van der Waals surface area contributed by atoms with Crippen LogP contribution in [0.5, 0.6) is 5.75 Å². The topological polar surface area (TPSA) is 29.5 Å². The van der Waals surface area contributed by atoms with Crippen LogP contribution in [0.2, 0.25) is 0 Å². The Morgan fingerprint density at radius 2 is 1.78 bits per heavy atom. The van der Waals surface area contributed by atoms with E-state index in [2.05, 4.69) is 0 Å². The minimum atomic E-state index is -0.104. The van der Waals surface area contributed by atoms with Crippen molar-refractivity contribution in [2.45, 2.75) is 6.92 Å². The van der Waals surface area contributed by atoms with Gasteiger partial charge in [-0.25, -0.2) is 0 Å². The number of rotatable bonds is 4. The maximum absolute atomic E-state index is 13.1. The third-order valence-electron chi connectivity index (χ3n) is 4.31. The predicted octanol–water partition coefficient (Wildman–Crippen LogP) is 5.64. The first-order chi connectivity index (χ1) is 13.2. The fourth-order valence-electron chi connectivity index (χ4n) is 3.11. The Morgan fingerprint density at radius 1 is 1.04 bits per heavy atom. The first-order valence-corrected chi connectivity index (χ1v) is 9.89. The van der Waals surface area contributed by atoms with Crippen molar-refractivity contribution in [3.8, 4) is 5.75 Å². The third kappa shape index (κ3) is 3.36. The number of fused-ring (bicyclic) bond motifs is 1. The minimum absolute atomic E-state index is 0.104. The van der Waals surface area contributed by atoms with Gasteiger partial charge in [-0.2, -0.15) is 0 Å². The zero-order chi connectivity index (χ0) is 18.8. The van der Waals surface area contributed by atoms with Crippen molar-refractivity contribution in [2.24, 2.45) is 0 Å². The number of nitrogens with zero attached hydrogens (tertiary/aromatic N) is 1. The van der Waals surface area contributed by atoms with Crippen molar-refractivity contribution < 1.29 is 9.53 Å². The van der Waals surface area contributed by atoms with Crippen LogP contribution in [0.1, 0.15) is 12.5 Å². The third-order valence-corrected chi connectivity index (χ3v) is 5.61. The first-order valence-electron chi connectivity index (χ1n) is 8.66. The molecular formula is C22H17NO2S2. The molecule has 1 aliphatic heterocycles. The number of hydrogen-bond acceptors (Lipinski definition) is 4. The summed E-state index contributed by atoms with van der Waals surface area (Å²) >= 11 is 6.86. The molecule has 27 heavy (non-hydrogen) atoms. The van der Waals surface area contributed by atoms with Crippen molar-refractivity contribution in [1.29, 1.82) is 0 Å². The number of benzene rings is 3. The molecular weight excluding hydrogens is 374 g/mol. The van der Waals surface area contributed by atoms with Crippen molar-refractivity contribution in [1.82, 2.24) is 0 Å². The molecule has 0 atom stereocenters. The summed E-state index contributed by atoms with van der Waals surface area (Å²) in [5.41, 5.74) is 1.69. The van der Waals surface area contributed by atoms with Crippen LogP contribution in [0.3, 0.4) is 0 Å². The molecule has 1 saturated heterocycles. The van der Waals surface area contributed by atoms with E-state index in [1.165, 1.54) is 11.8 Å². The van der Waals surface area contributed by atoms with Gasteiger partial charge in [0, 0.05) is 10.9 Å². The highest BCUT2D eigenvalue weighted by Crippen LogP contribution is 2.39. The molecule has 0 bridgehead atoms. The van der Waals surface area contributed by atoms with Crippen LogP contribution >= 0.6 is 24.0 Å². The van der Waals surface area contributed by atoms with Crippen LogP contribution in [0.15, 0.2) is 71.6 Å². The predicted molar refractivity (Wildman–Crippen MR) is 117 cm³/mol. The second-order valence-corrected chi connectivity index (χ2v) is 7.66. The summed E-state index contributed by atoms with van der Waals surface area (Å²) in [6, 6.07) is 21.6. The van der Waals surface area contributed by atoms with Gasteiger partial charge in [-0.05, 0) is 30.5 Å². The van der Waals surface area contributed by atoms with Gasteiger partial charge in [-0.3, -0.25) is 9.69 Å². The lowest BCUT2D eigenvalue weighted by Crippen LogP contribution is -2.27. The standard InChI is InChI=1S/C22H17NO2S2/c1-2-25-19-13-6-4-9-16(19)14-20-21(24)23(22(26)27-20)18-12-7-10-15-8-3-5-11-17(15)18/h3-14H,2H2,1H3/b20-14-. The molecule has 0 aliphatic carbocycles. The molecule has 0 unspecified atom stereocenters. The van der Waals surface area contributed by atoms with E-state index in [1.807, 2.05) is 79.7 Å². The Bertz CT molecular complexity index is 1070. The molecule has 0 N–H and O–H groups in total. The van der Waals surface area contributed by atoms with Gasteiger partial charge in [0.05, 0.1) is 17.2 Å². The van der Waals surface area contributed by atoms with Gasteiger partial charge in [-0.15, -0.1) is 0 Å². The maximum atomic E-state index is 13.1. The Hall–Kier alpha value is -2.63. The SMILES string of the molecule is CCOc1ccccc1/C=C1\SC(=S)N(c2cccc3ccccc23)C1=O. The second kappa shape index (κ2) is 7.55. The van der Waals surface area contributed by atoms with E-state index in [0.29, 0.717) is 15.8 Å². The van der Waals surface area contributed by atoms with E-state index in [0.717, 1.165) is 27.8 Å². The second-order valence-electron chi connectivity index (χ2n) is 5.99. The zero-order valence-corrected chi connectivity index (χ0v) is 16.3. The summed E-state index contributed by atoms with van der Waals surface area (Å²) in [6.45, 7) is 2.51. The summed E-state index contributed by atoms with van der Waals surface area (Å²) < 4.78 is 6.21. The van der Waals surface area contributed by atoms with E-state index < -0.39 is 0 Å². The number of amides is 1. The summed E-state index contributed by atoms with van der Waals surface area (Å²) in [6.07, 6.45) is 1.86. The number of anilines is 1. The molecule has 0 saturated carbocycles. The number of ether oxygens (including phenoxy) is 1. The summed E-state index contributed by atoms with van der Waals surface area (Å²) in [7, 11) is 0. The van der Waals surface area contributed by atoms with Gasteiger partial charge in [0.2, 0.25) is 0 Å². The van der Waals surface area contributed by atoms with Gasteiger partial charge in [-0.1, -0.05) is 78.6 Å². The zero-order valence-electron chi connectivity index (χ0n) is 14.7. The quantitative estimate of drug-likeness (QED) is 0.425. The maximum Gasteiger partial charge on any atom is 0.270 e. The highest BCUT2D eigenvalue weighted by Gasteiger charge is 2.34. The Kier molecular flexibility index (Phi) is 4.97. The lowest BCUT2D eigenvalue weighted by molar-refractivity contribution is -0.113. The van der Waals surface area contributed by atoms with E-state index in [-0.39, 0.29) is 5.91 Å². The largest absolute Gasteiger partial charge is 0.493 e. The summed E-state index contributed by atoms with van der Waals surface area (Å²) in [5, 5.41) is 2.09. The van der Waals surface area contributed by atoms with Crippen molar-refractivity contribution in [3.05, 3.63) is 77.2 Å². The highest BCUT2D eigenvalue weighted by atomic mass is 32.2. The Balaban J connectivity index is 1.75. The number of para-hydroxylation sites is 1. The monoisotopic (exact) mass is 391 g/mol. The summed E-state index contributed by atoms with van der Waals surface area (Å²) in [5.74, 6) is 0.656. The number of thiocarbonyl (C=S) groups is 1. The lowest BCUT2D eigenvalue weighted by atomic mass is 10.1. The van der Waals surface area contributed by atoms with E-state index >= 15 is 0 Å². The van der Waals surface area contributed by atoms with Gasteiger partial charge in [0.15, 0.2) is 4.32 Å². The van der Waals surface area contributed by atoms with Crippen molar-refractivity contribution in [2.75, 3.05) is 11.5 Å². The molecule has 3 aromatic carbocycles. The van der Waals surface area contributed by atoms with Crippen LogP contribution in [-0.4, -0.2) is 16.8 Å². The van der Waals surface area contributed by atoms with E-state index in [4.69, 9.17) is 17.0 Å². The molecule has 0 spiro atoms. The molecule has 1 fully saturated rings. The van der Waals surface area contributed by atoms with Crippen LogP contribution in [0.25, 0.3) is 16.8 Å². The molecule has 1 amide bonds. The van der Waals surface area contributed by atoms with Crippen molar-refractivity contribution >= 4 is 56.7 Å². The summed E-state index contributed by atoms with van der Waals surface area (Å²) in [4.78, 5) is 15.4. The van der Waals surface area contributed by atoms with Gasteiger partial charge >= 0.3 is 0 Å². The highest BCUT2D eigenvalue weighted by molar-refractivity contribution is 8.27. The smallest absolute Gasteiger partial charge is 0.270 e. The van der Waals surface area contributed by atoms with Crippen LogP contribution in [0.4, 0.5) is 5.69 Å². The number of carbonyl (C=O) groups excluding carboxylic acids is 1. The molecule has 3 nitrogen and oxygen atoms in total. The van der Waals surface area contributed by atoms with E-state index in [9.17, 15) is 4.79 Å². The fraction of sp³-hybridized carbons (Fsp3) is 0.0909. The van der Waals surface area contributed by atoms with Crippen LogP contribution in [0, 0.1) is 0 Å². The normalized spacial score (nSPS) is 15.7. The van der Waals surface area contributed by atoms with Crippen molar-refractivity contribution in [3.63, 3.8) is 0 Å². The van der Waals surface area contributed by atoms with Gasteiger partial charge in [0.1, 0.15) is 5.75 Å².